The van der Waals surface area contributed by atoms with Crippen molar-refractivity contribution in [2.24, 2.45) is 5.73 Å². The number of hydrogen-bond acceptors (Lipinski definition) is 5. The molecule has 0 fully saturated rings. The molecule has 1 aromatic carbocycles. The molecule has 0 saturated heterocycles. The lowest BCUT2D eigenvalue weighted by Crippen LogP contribution is -2.22. The van der Waals surface area contributed by atoms with Crippen molar-refractivity contribution in [3.05, 3.63) is 52.0 Å². The summed E-state index contributed by atoms with van der Waals surface area (Å²) in [6.07, 6.45) is 0. The Labute approximate surface area is 153 Å². The van der Waals surface area contributed by atoms with Gasteiger partial charge in [-0.15, -0.1) is 11.3 Å². The minimum Gasteiger partial charge on any atom is -0.451 e. The molecule has 26 heavy (non-hydrogen) atoms. The van der Waals surface area contributed by atoms with Gasteiger partial charge >= 0.3 is 5.97 Å². The number of H-pyrrole nitrogens is 1. The molecule has 8 heteroatoms. The van der Waals surface area contributed by atoms with Gasteiger partial charge in [-0.2, -0.15) is 0 Å². The molecule has 0 aliphatic heterocycles. The van der Waals surface area contributed by atoms with E-state index in [1.165, 1.54) is 6.07 Å². The van der Waals surface area contributed by atoms with Gasteiger partial charge in [-0.3, -0.25) is 9.59 Å². The molecule has 2 aromatic heterocycles. The summed E-state index contributed by atoms with van der Waals surface area (Å²) in [6.45, 7) is 3.46. The van der Waals surface area contributed by atoms with Crippen molar-refractivity contribution in [1.29, 1.82) is 0 Å². The number of carbonyl (C=O) groups excluding carboxylic acids is 3. The lowest BCUT2D eigenvalue weighted by atomic mass is 10.1. The smallest absolute Gasteiger partial charge is 0.355 e. The van der Waals surface area contributed by atoms with Crippen LogP contribution in [0.2, 0.25) is 0 Å². The van der Waals surface area contributed by atoms with Gasteiger partial charge in [0.05, 0.1) is 5.56 Å². The standard InChI is InChI=1S/C18H17N3O4S/c1-9-5-10(2)12-7-14(20-13(12)6-9)18(24)25-8-15(22)21-17-11(16(19)23)3-4-26-17/h3-7,20H,8H2,1-2H3,(H2,19,23)(H,21,22). The number of anilines is 1. The molecule has 0 bridgehead atoms. The number of aryl methyl sites for hydroxylation is 2. The van der Waals surface area contributed by atoms with Crippen LogP contribution in [0.4, 0.5) is 5.00 Å². The van der Waals surface area contributed by atoms with Crippen molar-refractivity contribution >= 4 is 45.0 Å². The Morgan fingerprint density at radius 1 is 1.23 bits per heavy atom. The molecule has 0 radical (unpaired) electrons. The first kappa shape index (κ1) is 17.7. The average Bonchev–Trinajstić information content (AvgIpc) is 3.19. The predicted octanol–water partition coefficient (Wildman–Crippen LogP) is 2.74. The summed E-state index contributed by atoms with van der Waals surface area (Å²) in [5, 5.41) is 5.41. The van der Waals surface area contributed by atoms with E-state index in [1.807, 2.05) is 26.0 Å². The average molecular weight is 371 g/mol. The second-order valence-electron chi connectivity index (χ2n) is 5.88. The molecule has 0 saturated carbocycles. The van der Waals surface area contributed by atoms with Crippen molar-refractivity contribution in [3.63, 3.8) is 0 Å². The van der Waals surface area contributed by atoms with E-state index in [4.69, 9.17) is 10.5 Å². The first-order valence-electron chi connectivity index (χ1n) is 7.79. The maximum Gasteiger partial charge on any atom is 0.355 e. The molecule has 7 nitrogen and oxygen atoms in total. The van der Waals surface area contributed by atoms with Gasteiger partial charge in [0.2, 0.25) is 0 Å². The van der Waals surface area contributed by atoms with Gasteiger partial charge in [-0.25, -0.2) is 4.79 Å². The fourth-order valence-electron chi connectivity index (χ4n) is 2.68. The van der Waals surface area contributed by atoms with Crippen LogP contribution < -0.4 is 11.1 Å². The maximum absolute atomic E-state index is 12.2. The van der Waals surface area contributed by atoms with Gasteiger partial charge in [-0.05, 0) is 48.6 Å². The Morgan fingerprint density at radius 3 is 2.73 bits per heavy atom. The Morgan fingerprint density at radius 2 is 2.00 bits per heavy atom. The minimum absolute atomic E-state index is 0.219. The predicted molar refractivity (Wildman–Crippen MR) is 99.5 cm³/mol. The Hall–Kier alpha value is -3.13. The highest BCUT2D eigenvalue weighted by atomic mass is 32.1. The number of aromatic nitrogens is 1. The third-order valence-electron chi connectivity index (χ3n) is 3.83. The number of nitrogens with one attached hydrogen (secondary N) is 2. The number of fused-ring (bicyclic) bond motifs is 1. The number of nitrogens with two attached hydrogens (primary N) is 1. The van der Waals surface area contributed by atoms with Gasteiger partial charge in [0, 0.05) is 10.9 Å². The normalized spacial score (nSPS) is 10.7. The van der Waals surface area contributed by atoms with Gasteiger partial charge in [-0.1, -0.05) is 6.07 Å². The second-order valence-corrected chi connectivity index (χ2v) is 6.79. The van der Waals surface area contributed by atoms with Gasteiger partial charge in [0.15, 0.2) is 6.61 Å². The summed E-state index contributed by atoms with van der Waals surface area (Å²) in [6, 6.07) is 7.18. The van der Waals surface area contributed by atoms with Crippen molar-refractivity contribution in [2.45, 2.75) is 13.8 Å². The topological polar surface area (TPSA) is 114 Å². The molecule has 4 N–H and O–H groups in total. The van der Waals surface area contributed by atoms with Gasteiger partial charge in [0.1, 0.15) is 10.7 Å². The van der Waals surface area contributed by atoms with E-state index in [9.17, 15) is 14.4 Å². The monoisotopic (exact) mass is 371 g/mol. The van der Waals surface area contributed by atoms with Crippen LogP contribution in [-0.4, -0.2) is 29.4 Å². The van der Waals surface area contributed by atoms with E-state index in [1.54, 1.807) is 11.4 Å². The number of primary amides is 1. The van der Waals surface area contributed by atoms with E-state index in [0.29, 0.717) is 5.00 Å². The minimum atomic E-state index is -0.637. The van der Waals surface area contributed by atoms with E-state index in [0.717, 1.165) is 33.4 Å². The van der Waals surface area contributed by atoms with Gasteiger partial charge in [0.25, 0.3) is 11.8 Å². The van der Waals surface area contributed by atoms with Crippen LogP contribution >= 0.6 is 11.3 Å². The summed E-state index contributed by atoms with van der Waals surface area (Å²) in [5.74, 6) is -1.82. The molecule has 2 heterocycles. The fourth-order valence-corrected chi connectivity index (χ4v) is 3.49. The highest BCUT2D eigenvalue weighted by Gasteiger charge is 2.16. The van der Waals surface area contributed by atoms with Crippen molar-refractivity contribution in [1.82, 2.24) is 4.98 Å². The molecule has 0 spiro atoms. The van der Waals surface area contributed by atoms with Crippen LogP contribution in [0.1, 0.15) is 32.0 Å². The Bertz CT molecular complexity index is 1020. The quantitative estimate of drug-likeness (QED) is 0.598. The summed E-state index contributed by atoms with van der Waals surface area (Å²) in [7, 11) is 0. The summed E-state index contributed by atoms with van der Waals surface area (Å²) in [4.78, 5) is 38.4. The molecular weight excluding hydrogens is 354 g/mol. The lowest BCUT2D eigenvalue weighted by molar-refractivity contribution is -0.119. The van der Waals surface area contributed by atoms with Crippen LogP contribution in [-0.2, 0) is 9.53 Å². The first-order chi connectivity index (χ1) is 12.3. The number of amides is 2. The number of carbonyl (C=O) groups is 3. The molecule has 3 rings (SSSR count). The number of hydrogen-bond donors (Lipinski definition) is 3. The molecule has 0 aliphatic rings. The Kier molecular flexibility index (Phi) is 4.77. The number of thiophene rings is 1. The van der Waals surface area contributed by atoms with E-state index >= 15 is 0 Å². The summed E-state index contributed by atoms with van der Waals surface area (Å²) in [5.41, 5.74) is 8.68. The maximum atomic E-state index is 12.2. The second kappa shape index (κ2) is 7.01. The number of esters is 1. The van der Waals surface area contributed by atoms with Crippen molar-refractivity contribution < 1.29 is 19.1 Å². The fraction of sp³-hybridized carbons (Fsp3) is 0.167. The van der Waals surface area contributed by atoms with Crippen molar-refractivity contribution in [3.8, 4) is 0 Å². The Balaban J connectivity index is 1.65. The highest BCUT2D eigenvalue weighted by Crippen LogP contribution is 2.23. The molecule has 2 amide bonds. The van der Waals surface area contributed by atoms with Crippen molar-refractivity contribution in [2.75, 3.05) is 11.9 Å². The van der Waals surface area contributed by atoms with Crippen LogP contribution in [0.3, 0.4) is 0 Å². The molecule has 3 aromatic rings. The van der Waals surface area contributed by atoms with E-state index in [-0.39, 0.29) is 11.3 Å². The first-order valence-corrected chi connectivity index (χ1v) is 8.67. The summed E-state index contributed by atoms with van der Waals surface area (Å²) >= 11 is 1.16. The largest absolute Gasteiger partial charge is 0.451 e. The molecule has 0 atom stereocenters. The third-order valence-corrected chi connectivity index (χ3v) is 4.66. The number of rotatable bonds is 5. The molecule has 0 unspecified atom stereocenters. The number of ether oxygens (including phenoxy) is 1. The van der Waals surface area contributed by atoms with Crippen LogP contribution in [0, 0.1) is 13.8 Å². The zero-order chi connectivity index (χ0) is 18.8. The lowest BCUT2D eigenvalue weighted by Gasteiger charge is -2.05. The molecule has 134 valence electrons. The number of benzene rings is 1. The third kappa shape index (κ3) is 3.60. The van der Waals surface area contributed by atoms with Crippen LogP contribution in [0.25, 0.3) is 10.9 Å². The van der Waals surface area contributed by atoms with E-state index in [2.05, 4.69) is 10.3 Å². The van der Waals surface area contributed by atoms with Gasteiger partial charge < -0.3 is 20.8 Å². The highest BCUT2D eigenvalue weighted by molar-refractivity contribution is 7.14. The molecule has 0 aliphatic carbocycles. The van der Waals surface area contributed by atoms with Crippen LogP contribution in [0.5, 0.6) is 0 Å². The van der Waals surface area contributed by atoms with E-state index < -0.39 is 24.4 Å². The SMILES string of the molecule is Cc1cc(C)c2cc(C(=O)OCC(=O)Nc3sccc3C(N)=O)[nH]c2c1. The van der Waals surface area contributed by atoms with Crippen LogP contribution in [0.15, 0.2) is 29.6 Å². The zero-order valence-electron chi connectivity index (χ0n) is 14.2. The number of aromatic amines is 1. The summed E-state index contributed by atoms with van der Waals surface area (Å²) < 4.78 is 5.04. The molecular formula is C18H17N3O4S. The zero-order valence-corrected chi connectivity index (χ0v) is 15.0.